The number of benzene rings is 2. The molecule has 112 valence electrons. The summed E-state index contributed by atoms with van der Waals surface area (Å²) in [5.41, 5.74) is 0.271. The number of hydrogen-bond acceptors (Lipinski definition) is 2. The quantitative estimate of drug-likeness (QED) is 0.622. The SMILES string of the molecule is O=C(c1cccc(C(F)(F)F)c1)C1Cc2ccccc2C1=O. The lowest BCUT2D eigenvalue weighted by Crippen LogP contribution is -2.21. The Morgan fingerprint density at radius 2 is 1.77 bits per heavy atom. The van der Waals surface area contributed by atoms with E-state index in [1.807, 2.05) is 0 Å². The van der Waals surface area contributed by atoms with Gasteiger partial charge >= 0.3 is 6.18 Å². The molecule has 0 heterocycles. The minimum absolute atomic E-state index is 0.0824. The van der Waals surface area contributed by atoms with Gasteiger partial charge in [0.2, 0.25) is 0 Å². The molecule has 0 saturated heterocycles. The zero-order valence-corrected chi connectivity index (χ0v) is 11.4. The van der Waals surface area contributed by atoms with Crippen LogP contribution in [0.25, 0.3) is 0 Å². The Balaban J connectivity index is 1.92. The predicted molar refractivity (Wildman–Crippen MR) is 73.7 cm³/mol. The smallest absolute Gasteiger partial charge is 0.293 e. The summed E-state index contributed by atoms with van der Waals surface area (Å²) in [5, 5.41) is 0. The largest absolute Gasteiger partial charge is 0.416 e. The Morgan fingerprint density at radius 1 is 1.05 bits per heavy atom. The molecule has 1 atom stereocenters. The van der Waals surface area contributed by atoms with E-state index in [4.69, 9.17) is 0 Å². The molecule has 0 aliphatic heterocycles. The van der Waals surface area contributed by atoms with Crippen LogP contribution in [0.1, 0.15) is 31.8 Å². The van der Waals surface area contributed by atoms with E-state index in [9.17, 15) is 22.8 Å². The van der Waals surface area contributed by atoms with E-state index in [1.165, 1.54) is 12.1 Å². The van der Waals surface area contributed by atoms with E-state index >= 15 is 0 Å². The molecular formula is C17H11F3O2. The van der Waals surface area contributed by atoms with E-state index in [0.717, 1.165) is 17.7 Å². The minimum atomic E-state index is -4.51. The molecule has 1 aliphatic rings. The third-order valence-corrected chi connectivity index (χ3v) is 3.81. The van der Waals surface area contributed by atoms with Crippen LogP contribution < -0.4 is 0 Å². The summed E-state index contributed by atoms with van der Waals surface area (Å²) >= 11 is 0. The van der Waals surface area contributed by atoms with Gasteiger partial charge in [0, 0.05) is 11.1 Å². The Bertz CT molecular complexity index is 762. The first-order chi connectivity index (χ1) is 10.4. The lowest BCUT2D eigenvalue weighted by Gasteiger charge is -2.10. The molecule has 0 spiro atoms. The Morgan fingerprint density at radius 3 is 2.45 bits per heavy atom. The molecule has 0 amide bonds. The zero-order chi connectivity index (χ0) is 15.9. The molecule has 2 nitrogen and oxygen atoms in total. The molecule has 3 rings (SSSR count). The van der Waals surface area contributed by atoms with Crippen molar-refractivity contribution in [2.75, 3.05) is 0 Å². The van der Waals surface area contributed by atoms with Crippen LogP contribution in [0.5, 0.6) is 0 Å². The summed E-state index contributed by atoms with van der Waals surface area (Å²) in [7, 11) is 0. The van der Waals surface area contributed by atoms with Gasteiger partial charge in [-0.3, -0.25) is 9.59 Å². The van der Waals surface area contributed by atoms with Crippen molar-refractivity contribution in [2.24, 2.45) is 5.92 Å². The Labute approximate surface area is 124 Å². The van der Waals surface area contributed by atoms with Gasteiger partial charge in [-0.1, -0.05) is 36.4 Å². The Kier molecular flexibility index (Phi) is 3.35. The molecule has 0 N–H and O–H groups in total. The summed E-state index contributed by atoms with van der Waals surface area (Å²) in [6.07, 6.45) is -4.27. The van der Waals surface area contributed by atoms with E-state index in [1.54, 1.807) is 24.3 Å². The molecule has 22 heavy (non-hydrogen) atoms. The maximum Gasteiger partial charge on any atom is 0.416 e. The van der Waals surface area contributed by atoms with Gasteiger partial charge in [0.1, 0.15) is 0 Å². The third-order valence-electron chi connectivity index (χ3n) is 3.81. The van der Waals surface area contributed by atoms with Crippen LogP contribution in [-0.4, -0.2) is 11.6 Å². The molecule has 0 bridgehead atoms. The van der Waals surface area contributed by atoms with Gasteiger partial charge in [0.05, 0.1) is 11.5 Å². The number of alkyl halides is 3. The van der Waals surface area contributed by atoms with Crippen molar-refractivity contribution in [3.63, 3.8) is 0 Å². The van der Waals surface area contributed by atoms with E-state index in [-0.39, 0.29) is 17.8 Å². The van der Waals surface area contributed by atoms with Crippen molar-refractivity contribution in [3.8, 4) is 0 Å². The number of hydrogen-bond donors (Lipinski definition) is 0. The van der Waals surface area contributed by atoms with Gasteiger partial charge in [-0.25, -0.2) is 0 Å². The normalized spacial score (nSPS) is 17.4. The van der Waals surface area contributed by atoms with Crippen LogP contribution in [0.4, 0.5) is 13.2 Å². The molecule has 2 aromatic carbocycles. The monoisotopic (exact) mass is 304 g/mol. The van der Waals surface area contributed by atoms with Crippen molar-refractivity contribution in [1.82, 2.24) is 0 Å². The fourth-order valence-corrected chi connectivity index (χ4v) is 2.70. The number of halogens is 3. The van der Waals surface area contributed by atoms with Crippen molar-refractivity contribution in [2.45, 2.75) is 12.6 Å². The maximum atomic E-state index is 12.7. The van der Waals surface area contributed by atoms with Gasteiger partial charge in [0.15, 0.2) is 11.6 Å². The van der Waals surface area contributed by atoms with Crippen molar-refractivity contribution in [3.05, 3.63) is 70.8 Å². The first kappa shape index (κ1) is 14.5. The van der Waals surface area contributed by atoms with Crippen LogP contribution in [0.3, 0.4) is 0 Å². The molecule has 0 aromatic heterocycles. The van der Waals surface area contributed by atoms with Crippen molar-refractivity contribution in [1.29, 1.82) is 0 Å². The number of Topliss-reactive ketones (excluding diaryl/α,β-unsaturated/α-hetero) is 2. The van der Waals surface area contributed by atoms with Crippen LogP contribution in [-0.2, 0) is 12.6 Å². The topological polar surface area (TPSA) is 34.1 Å². The number of carbonyl (C=O) groups is 2. The summed E-state index contributed by atoms with van der Waals surface area (Å²) in [4.78, 5) is 24.7. The summed E-state index contributed by atoms with van der Waals surface area (Å²) in [6.45, 7) is 0. The molecule has 1 unspecified atom stereocenters. The standard InChI is InChI=1S/C17H11F3O2/c18-17(19,20)12-6-3-5-11(8-12)15(21)14-9-10-4-1-2-7-13(10)16(14)22/h1-8,14H,9H2. The second-order valence-electron chi connectivity index (χ2n) is 5.22. The molecule has 5 heteroatoms. The zero-order valence-electron chi connectivity index (χ0n) is 11.4. The summed E-state index contributed by atoms with van der Waals surface area (Å²) < 4.78 is 38.2. The minimum Gasteiger partial charge on any atom is -0.293 e. The van der Waals surface area contributed by atoms with Gasteiger partial charge in [-0.2, -0.15) is 13.2 Å². The fourth-order valence-electron chi connectivity index (χ4n) is 2.70. The van der Waals surface area contributed by atoms with Gasteiger partial charge < -0.3 is 0 Å². The average Bonchev–Trinajstić information content (AvgIpc) is 2.83. The maximum absolute atomic E-state index is 12.7. The van der Waals surface area contributed by atoms with Crippen molar-refractivity contribution >= 4 is 11.6 Å². The molecule has 0 saturated carbocycles. The van der Waals surface area contributed by atoms with E-state index in [2.05, 4.69) is 0 Å². The number of rotatable bonds is 2. The molecular weight excluding hydrogens is 293 g/mol. The lowest BCUT2D eigenvalue weighted by atomic mass is 9.93. The number of ketones is 2. The van der Waals surface area contributed by atoms with Crippen LogP contribution in [0.2, 0.25) is 0 Å². The number of fused-ring (bicyclic) bond motifs is 1. The predicted octanol–water partition coefficient (Wildman–Crippen LogP) is 3.94. The highest BCUT2D eigenvalue weighted by Crippen LogP contribution is 2.32. The second kappa shape index (κ2) is 5.09. The molecule has 0 fully saturated rings. The summed E-state index contributed by atoms with van der Waals surface area (Å²) in [5.74, 6) is -1.81. The van der Waals surface area contributed by atoms with E-state index in [0.29, 0.717) is 5.56 Å². The van der Waals surface area contributed by atoms with Gasteiger partial charge in [0.25, 0.3) is 0 Å². The Hall–Kier alpha value is -2.43. The first-order valence-electron chi connectivity index (χ1n) is 6.71. The van der Waals surface area contributed by atoms with Crippen LogP contribution in [0, 0.1) is 5.92 Å². The highest BCUT2D eigenvalue weighted by atomic mass is 19.4. The van der Waals surface area contributed by atoms with E-state index < -0.39 is 23.4 Å². The van der Waals surface area contributed by atoms with Gasteiger partial charge in [-0.05, 0) is 24.1 Å². The molecule has 2 aromatic rings. The second-order valence-corrected chi connectivity index (χ2v) is 5.22. The van der Waals surface area contributed by atoms with Crippen molar-refractivity contribution < 1.29 is 22.8 Å². The fraction of sp³-hybridized carbons (Fsp3) is 0.176. The number of carbonyl (C=O) groups excluding carboxylic acids is 2. The van der Waals surface area contributed by atoms with Crippen LogP contribution in [0.15, 0.2) is 48.5 Å². The first-order valence-corrected chi connectivity index (χ1v) is 6.71. The molecule has 0 radical (unpaired) electrons. The third kappa shape index (κ3) is 2.43. The highest BCUT2D eigenvalue weighted by Gasteiger charge is 2.37. The van der Waals surface area contributed by atoms with Crippen LogP contribution >= 0.6 is 0 Å². The average molecular weight is 304 g/mol. The van der Waals surface area contributed by atoms with Gasteiger partial charge in [-0.15, -0.1) is 0 Å². The summed E-state index contributed by atoms with van der Waals surface area (Å²) in [6, 6.07) is 11.1. The molecule has 1 aliphatic carbocycles. The highest BCUT2D eigenvalue weighted by molar-refractivity contribution is 6.18. The lowest BCUT2D eigenvalue weighted by molar-refractivity contribution is -0.137.